The molecule has 0 bridgehead atoms. The lowest BCUT2D eigenvalue weighted by molar-refractivity contribution is -0.133. The molecule has 1 amide bonds. The van der Waals surface area contributed by atoms with E-state index in [4.69, 9.17) is 9.40 Å². The van der Waals surface area contributed by atoms with Gasteiger partial charge in [-0.2, -0.15) is 0 Å². The van der Waals surface area contributed by atoms with Crippen molar-refractivity contribution in [2.24, 2.45) is 0 Å². The molecule has 176 valence electrons. The van der Waals surface area contributed by atoms with Crippen molar-refractivity contribution >= 4 is 28.4 Å². The number of carbonyl (C=O) groups excluding carboxylic acids is 1. The van der Waals surface area contributed by atoms with Crippen LogP contribution in [0.25, 0.3) is 28.1 Å². The van der Waals surface area contributed by atoms with Gasteiger partial charge in [-0.1, -0.05) is 49.4 Å². The molecule has 0 aliphatic carbocycles. The minimum Gasteiger partial charge on any atom is -0.461 e. The zero-order valence-electron chi connectivity index (χ0n) is 19.5. The zero-order valence-corrected chi connectivity index (χ0v) is 19.5. The molecule has 1 unspecified atom stereocenters. The molecule has 1 saturated heterocycles. The normalized spacial score (nSPS) is 15.1. The Morgan fingerprint density at radius 2 is 1.71 bits per heavy atom. The Morgan fingerprint density at radius 3 is 2.46 bits per heavy atom. The van der Waals surface area contributed by atoms with Crippen molar-refractivity contribution in [3.05, 3.63) is 78.6 Å². The van der Waals surface area contributed by atoms with Crippen LogP contribution in [0.2, 0.25) is 0 Å². The van der Waals surface area contributed by atoms with Crippen molar-refractivity contribution in [2.75, 3.05) is 31.1 Å². The summed E-state index contributed by atoms with van der Waals surface area (Å²) in [6.07, 6.45) is 2.41. The lowest BCUT2D eigenvalue weighted by Gasteiger charge is -2.37. The summed E-state index contributed by atoms with van der Waals surface area (Å²) >= 11 is 0. The van der Waals surface area contributed by atoms with E-state index in [1.54, 1.807) is 6.26 Å². The van der Waals surface area contributed by atoms with Crippen LogP contribution in [0.1, 0.15) is 24.8 Å². The minimum atomic E-state index is -0.114. The fourth-order valence-electron chi connectivity index (χ4n) is 4.93. The summed E-state index contributed by atoms with van der Waals surface area (Å²) in [6, 6.07) is 21.7. The number of anilines is 1. The monoisotopic (exact) mass is 466 g/mol. The number of benzene rings is 2. The fourth-order valence-corrected chi connectivity index (χ4v) is 4.93. The van der Waals surface area contributed by atoms with Crippen molar-refractivity contribution in [3.8, 4) is 11.6 Å². The summed E-state index contributed by atoms with van der Waals surface area (Å²) in [5, 5.41) is 9.87. The summed E-state index contributed by atoms with van der Waals surface area (Å²) < 4.78 is 7.62. The van der Waals surface area contributed by atoms with Crippen LogP contribution in [0.3, 0.4) is 0 Å². The Kier molecular flexibility index (Phi) is 5.41. The predicted octanol–water partition coefficient (Wildman–Crippen LogP) is 4.38. The first kappa shape index (κ1) is 21.3. The number of piperazine rings is 1. The molecule has 1 aliphatic heterocycles. The first-order valence-corrected chi connectivity index (χ1v) is 12.0. The Balaban J connectivity index is 1.32. The van der Waals surface area contributed by atoms with E-state index in [-0.39, 0.29) is 11.8 Å². The molecule has 4 heterocycles. The topological polar surface area (TPSA) is 79.8 Å². The molecule has 1 aliphatic rings. The highest BCUT2D eigenvalue weighted by Crippen LogP contribution is 2.30. The number of furan rings is 1. The van der Waals surface area contributed by atoms with Crippen LogP contribution in [0.4, 0.5) is 5.95 Å². The second-order valence-electron chi connectivity index (χ2n) is 8.77. The molecular weight excluding hydrogens is 440 g/mol. The zero-order chi connectivity index (χ0) is 23.8. The van der Waals surface area contributed by atoms with Crippen molar-refractivity contribution in [2.45, 2.75) is 19.3 Å². The number of nitrogens with zero attached hydrogens (tertiary/aromatic N) is 6. The summed E-state index contributed by atoms with van der Waals surface area (Å²) in [5.41, 5.74) is 2.68. The van der Waals surface area contributed by atoms with Crippen LogP contribution < -0.4 is 4.90 Å². The first-order valence-electron chi connectivity index (χ1n) is 12.0. The SMILES string of the molecule is CCC(C(=O)N1CCN(c2nc3ccccc3c3nnc(-c4ccco4)n23)CC1)c1ccccc1. The molecule has 3 aromatic heterocycles. The van der Waals surface area contributed by atoms with E-state index in [1.807, 2.05) is 76.0 Å². The molecule has 35 heavy (non-hydrogen) atoms. The molecule has 6 rings (SSSR count). The predicted molar refractivity (Wildman–Crippen MR) is 134 cm³/mol. The van der Waals surface area contributed by atoms with Gasteiger partial charge >= 0.3 is 0 Å². The van der Waals surface area contributed by atoms with Crippen LogP contribution >= 0.6 is 0 Å². The van der Waals surface area contributed by atoms with Gasteiger partial charge in [0.05, 0.1) is 17.7 Å². The van der Waals surface area contributed by atoms with Gasteiger partial charge in [0.25, 0.3) is 0 Å². The Hall–Kier alpha value is -4.20. The number of aromatic nitrogens is 4. The van der Waals surface area contributed by atoms with Gasteiger partial charge in [-0.15, -0.1) is 10.2 Å². The minimum absolute atomic E-state index is 0.114. The van der Waals surface area contributed by atoms with Gasteiger partial charge in [-0.25, -0.2) is 9.38 Å². The highest BCUT2D eigenvalue weighted by atomic mass is 16.3. The van der Waals surface area contributed by atoms with E-state index in [9.17, 15) is 4.79 Å². The van der Waals surface area contributed by atoms with Gasteiger partial charge in [0.1, 0.15) is 0 Å². The first-order chi connectivity index (χ1) is 17.2. The molecule has 0 N–H and O–H groups in total. The maximum absolute atomic E-state index is 13.4. The molecule has 0 spiro atoms. The van der Waals surface area contributed by atoms with Gasteiger partial charge in [-0.3, -0.25) is 4.79 Å². The van der Waals surface area contributed by atoms with Crippen LogP contribution in [0, 0.1) is 0 Å². The van der Waals surface area contributed by atoms with E-state index in [0.29, 0.717) is 37.8 Å². The highest BCUT2D eigenvalue weighted by Gasteiger charge is 2.29. The third-order valence-electron chi connectivity index (χ3n) is 6.75. The third-order valence-corrected chi connectivity index (χ3v) is 6.75. The van der Waals surface area contributed by atoms with E-state index in [2.05, 4.69) is 22.0 Å². The van der Waals surface area contributed by atoms with Crippen molar-refractivity contribution in [1.82, 2.24) is 24.5 Å². The molecule has 8 heteroatoms. The Bertz CT molecular complexity index is 1470. The molecule has 2 aromatic carbocycles. The highest BCUT2D eigenvalue weighted by molar-refractivity contribution is 5.93. The van der Waals surface area contributed by atoms with E-state index >= 15 is 0 Å². The number of hydrogen-bond donors (Lipinski definition) is 0. The van der Waals surface area contributed by atoms with Crippen LogP contribution in [-0.4, -0.2) is 56.6 Å². The number of rotatable bonds is 5. The van der Waals surface area contributed by atoms with Crippen LogP contribution in [-0.2, 0) is 4.79 Å². The third kappa shape index (κ3) is 3.71. The van der Waals surface area contributed by atoms with Crippen LogP contribution in [0.5, 0.6) is 0 Å². The number of amides is 1. The summed E-state index contributed by atoms with van der Waals surface area (Å²) in [6.45, 7) is 4.69. The standard InChI is InChI=1S/C27H26N6O2/c1-2-20(19-9-4-3-5-10-19)26(34)31-14-16-32(17-15-31)27-28-22-12-7-6-11-21(22)24-29-30-25(33(24)27)23-13-8-18-35-23/h3-13,18,20H,2,14-17H2,1H3. The molecule has 0 radical (unpaired) electrons. The maximum atomic E-state index is 13.4. The maximum Gasteiger partial charge on any atom is 0.230 e. The smallest absolute Gasteiger partial charge is 0.230 e. The quantitative estimate of drug-likeness (QED) is 0.382. The lowest BCUT2D eigenvalue weighted by Crippen LogP contribution is -2.50. The molecule has 1 atom stereocenters. The van der Waals surface area contributed by atoms with Crippen molar-refractivity contribution < 1.29 is 9.21 Å². The van der Waals surface area contributed by atoms with E-state index in [0.717, 1.165) is 34.5 Å². The summed E-state index contributed by atoms with van der Waals surface area (Å²) in [5.74, 6) is 2.09. The molecule has 5 aromatic rings. The van der Waals surface area contributed by atoms with Crippen LogP contribution in [0.15, 0.2) is 77.4 Å². The van der Waals surface area contributed by atoms with Crippen molar-refractivity contribution in [1.29, 1.82) is 0 Å². The van der Waals surface area contributed by atoms with Gasteiger partial charge in [-0.05, 0) is 36.2 Å². The van der Waals surface area contributed by atoms with E-state index in [1.165, 1.54) is 0 Å². The average Bonchev–Trinajstić information content (AvgIpc) is 3.60. The number of fused-ring (bicyclic) bond motifs is 3. The second kappa shape index (κ2) is 8.87. The molecule has 1 fully saturated rings. The molecule has 0 saturated carbocycles. The summed E-state index contributed by atoms with van der Waals surface area (Å²) in [7, 11) is 0. The number of hydrogen-bond acceptors (Lipinski definition) is 6. The van der Waals surface area contributed by atoms with Gasteiger partial charge < -0.3 is 14.2 Å². The second-order valence-corrected chi connectivity index (χ2v) is 8.77. The largest absolute Gasteiger partial charge is 0.461 e. The molecular formula is C27H26N6O2. The number of carbonyl (C=O) groups is 1. The Morgan fingerprint density at radius 1 is 0.943 bits per heavy atom. The van der Waals surface area contributed by atoms with Gasteiger partial charge in [0.15, 0.2) is 11.4 Å². The number of para-hydroxylation sites is 1. The molecule has 8 nitrogen and oxygen atoms in total. The lowest BCUT2D eigenvalue weighted by atomic mass is 9.95. The van der Waals surface area contributed by atoms with Crippen molar-refractivity contribution in [3.63, 3.8) is 0 Å². The van der Waals surface area contributed by atoms with E-state index < -0.39 is 0 Å². The van der Waals surface area contributed by atoms with Gasteiger partial charge in [0, 0.05) is 31.6 Å². The average molecular weight is 467 g/mol. The fraction of sp³-hybridized carbons (Fsp3) is 0.259. The van der Waals surface area contributed by atoms with Gasteiger partial charge in [0.2, 0.25) is 17.7 Å². The Labute approximate surface area is 202 Å². The summed E-state index contributed by atoms with van der Waals surface area (Å²) in [4.78, 5) is 22.6.